The number of benzene rings is 1. The molecule has 2 rings (SSSR count). The zero-order chi connectivity index (χ0) is 15.1. The molecule has 0 aliphatic rings. The zero-order valence-electron chi connectivity index (χ0n) is 11.9. The van der Waals surface area contributed by atoms with Crippen LogP contribution < -0.4 is 0 Å². The molecule has 0 saturated carbocycles. The molecule has 0 unspecified atom stereocenters. The molecular formula is C15H17NO4. The number of ether oxygens (including phenoxy) is 1. The smallest absolute Gasteiger partial charge is 0.352 e. The molecule has 0 fully saturated rings. The third-order valence-corrected chi connectivity index (χ3v) is 2.91. The summed E-state index contributed by atoms with van der Waals surface area (Å²) in [5.74, 6) is -1.44. The number of aromatic carboxylic acids is 1. The number of hydrogen-bond acceptors (Lipinski definition) is 3. The summed E-state index contributed by atoms with van der Waals surface area (Å²) >= 11 is 0. The van der Waals surface area contributed by atoms with Crippen molar-refractivity contribution in [2.24, 2.45) is 0 Å². The van der Waals surface area contributed by atoms with E-state index in [-0.39, 0.29) is 5.69 Å². The quantitative estimate of drug-likeness (QED) is 0.825. The number of aromatic amines is 1. The van der Waals surface area contributed by atoms with Crippen molar-refractivity contribution in [3.8, 4) is 0 Å². The number of esters is 1. The first-order valence-corrected chi connectivity index (χ1v) is 6.28. The molecule has 0 radical (unpaired) electrons. The van der Waals surface area contributed by atoms with Gasteiger partial charge in [-0.25, -0.2) is 9.59 Å². The molecule has 0 aliphatic carbocycles. The Morgan fingerprint density at radius 2 is 1.90 bits per heavy atom. The number of carbonyl (C=O) groups excluding carboxylic acids is 1. The van der Waals surface area contributed by atoms with E-state index in [1.165, 1.54) is 0 Å². The van der Waals surface area contributed by atoms with E-state index in [2.05, 4.69) is 4.98 Å². The van der Waals surface area contributed by atoms with E-state index in [9.17, 15) is 9.59 Å². The predicted octanol–water partition coefficient (Wildman–Crippen LogP) is 3.13. The van der Waals surface area contributed by atoms with Crippen molar-refractivity contribution >= 4 is 22.8 Å². The SMILES string of the molecule is Cc1c(C(=O)O)[nH]c2ccc(C(=O)OC(C)(C)C)cc12. The molecule has 1 aromatic carbocycles. The van der Waals surface area contributed by atoms with E-state index < -0.39 is 17.5 Å². The van der Waals surface area contributed by atoms with Gasteiger partial charge < -0.3 is 14.8 Å². The molecule has 5 heteroatoms. The fraction of sp³-hybridized carbons (Fsp3) is 0.333. The normalized spacial score (nSPS) is 11.6. The monoisotopic (exact) mass is 275 g/mol. The van der Waals surface area contributed by atoms with E-state index in [4.69, 9.17) is 9.84 Å². The Morgan fingerprint density at radius 1 is 1.25 bits per heavy atom. The number of H-pyrrole nitrogens is 1. The molecule has 5 nitrogen and oxygen atoms in total. The number of carboxylic acids is 1. The number of rotatable bonds is 2. The number of fused-ring (bicyclic) bond motifs is 1. The Bertz CT molecular complexity index is 692. The molecule has 0 aliphatic heterocycles. The first kappa shape index (κ1) is 14.1. The molecule has 0 saturated heterocycles. The lowest BCUT2D eigenvalue weighted by Gasteiger charge is -2.19. The summed E-state index contributed by atoms with van der Waals surface area (Å²) in [7, 11) is 0. The number of aromatic nitrogens is 1. The van der Waals surface area contributed by atoms with Crippen LogP contribution in [0.4, 0.5) is 0 Å². The van der Waals surface area contributed by atoms with Crippen LogP contribution in [0.25, 0.3) is 10.9 Å². The Balaban J connectivity index is 2.46. The summed E-state index contributed by atoms with van der Waals surface area (Å²) in [5, 5.41) is 9.79. The Kier molecular flexibility index (Phi) is 3.29. The number of carbonyl (C=O) groups is 2. The van der Waals surface area contributed by atoms with Gasteiger partial charge in [0.1, 0.15) is 11.3 Å². The van der Waals surface area contributed by atoms with Gasteiger partial charge in [0.25, 0.3) is 0 Å². The van der Waals surface area contributed by atoms with Crippen molar-refractivity contribution < 1.29 is 19.4 Å². The summed E-state index contributed by atoms with van der Waals surface area (Å²) < 4.78 is 5.30. The van der Waals surface area contributed by atoms with Crippen LogP contribution in [0.3, 0.4) is 0 Å². The zero-order valence-corrected chi connectivity index (χ0v) is 11.9. The van der Waals surface area contributed by atoms with Gasteiger partial charge in [-0.3, -0.25) is 0 Å². The maximum absolute atomic E-state index is 12.0. The first-order valence-electron chi connectivity index (χ1n) is 6.28. The maximum Gasteiger partial charge on any atom is 0.352 e. The molecule has 106 valence electrons. The Hall–Kier alpha value is -2.30. The van der Waals surface area contributed by atoms with Crippen LogP contribution in [0, 0.1) is 6.92 Å². The second-order valence-electron chi connectivity index (χ2n) is 5.69. The maximum atomic E-state index is 12.0. The highest BCUT2D eigenvalue weighted by molar-refractivity contribution is 6.00. The van der Waals surface area contributed by atoms with Crippen molar-refractivity contribution in [2.45, 2.75) is 33.3 Å². The van der Waals surface area contributed by atoms with Crippen molar-refractivity contribution in [2.75, 3.05) is 0 Å². The lowest BCUT2D eigenvalue weighted by molar-refractivity contribution is 0.00695. The molecule has 1 aromatic heterocycles. The minimum atomic E-state index is -1.02. The lowest BCUT2D eigenvalue weighted by atomic mass is 10.1. The Labute approximate surface area is 116 Å². The molecule has 1 heterocycles. The summed E-state index contributed by atoms with van der Waals surface area (Å²) in [6.45, 7) is 7.11. The number of nitrogens with one attached hydrogen (secondary N) is 1. The molecule has 2 N–H and O–H groups in total. The summed E-state index contributed by atoms with van der Waals surface area (Å²) in [5.41, 5.74) is 1.28. The van der Waals surface area contributed by atoms with Crippen molar-refractivity contribution in [1.29, 1.82) is 0 Å². The second-order valence-corrected chi connectivity index (χ2v) is 5.69. The third kappa shape index (κ3) is 2.66. The average molecular weight is 275 g/mol. The van der Waals surface area contributed by atoms with E-state index in [1.54, 1.807) is 45.9 Å². The molecule has 2 aromatic rings. The molecule has 0 amide bonds. The van der Waals surface area contributed by atoms with Gasteiger partial charge in [-0.05, 0) is 51.5 Å². The van der Waals surface area contributed by atoms with E-state index in [0.717, 1.165) is 0 Å². The van der Waals surface area contributed by atoms with Gasteiger partial charge in [-0.15, -0.1) is 0 Å². The van der Waals surface area contributed by atoms with Gasteiger partial charge in [0, 0.05) is 10.9 Å². The summed E-state index contributed by atoms with van der Waals surface area (Å²) in [6, 6.07) is 4.97. The summed E-state index contributed by atoms with van der Waals surface area (Å²) in [4.78, 5) is 25.9. The number of aryl methyl sites for hydroxylation is 1. The van der Waals surface area contributed by atoms with Crippen molar-refractivity contribution in [1.82, 2.24) is 4.98 Å². The van der Waals surface area contributed by atoms with Crippen LogP contribution in [0.5, 0.6) is 0 Å². The fourth-order valence-corrected chi connectivity index (χ4v) is 2.00. The summed E-state index contributed by atoms with van der Waals surface area (Å²) in [6.07, 6.45) is 0. The van der Waals surface area contributed by atoms with Crippen LogP contribution in [0.15, 0.2) is 18.2 Å². The molecule has 0 atom stereocenters. The third-order valence-electron chi connectivity index (χ3n) is 2.91. The minimum Gasteiger partial charge on any atom is -0.477 e. The van der Waals surface area contributed by atoms with Gasteiger partial charge in [0.05, 0.1) is 5.56 Å². The van der Waals surface area contributed by atoms with Crippen LogP contribution in [0.2, 0.25) is 0 Å². The molecule has 0 bridgehead atoms. The van der Waals surface area contributed by atoms with Crippen LogP contribution >= 0.6 is 0 Å². The van der Waals surface area contributed by atoms with Gasteiger partial charge in [-0.1, -0.05) is 0 Å². The molecule has 20 heavy (non-hydrogen) atoms. The highest BCUT2D eigenvalue weighted by Gasteiger charge is 2.19. The highest BCUT2D eigenvalue weighted by atomic mass is 16.6. The van der Waals surface area contributed by atoms with Crippen molar-refractivity contribution in [3.05, 3.63) is 35.0 Å². The van der Waals surface area contributed by atoms with E-state index in [1.807, 2.05) is 0 Å². The average Bonchev–Trinajstić information content (AvgIpc) is 2.64. The molecule has 0 spiro atoms. The highest BCUT2D eigenvalue weighted by Crippen LogP contribution is 2.24. The fourth-order valence-electron chi connectivity index (χ4n) is 2.00. The van der Waals surface area contributed by atoms with Crippen molar-refractivity contribution in [3.63, 3.8) is 0 Å². The first-order chi connectivity index (χ1) is 9.19. The van der Waals surface area contributed by atoms with Gasteiger partial charge in [0.15, 0.2) is 0 Å². The Morgan fingerprint density at radius 3 is 2.45 bits per heavy atom. The van der Waals surface area contributed by atoms with Gasteiger partial charge in [-0.2, -0.15) is 0 Å². The topological polar surface area (TPSA) is 79.4 Å². The predicted molar refractivity (Wildman–Crippen MR) is 75.2 cm³/mol. The van der Waals surface area contributed by atoms with Crippen LogP contribution in [0.1, 0.15) is 47.2 Å². The van der Waals surface area contributed by atoms with Gasteiger partial charge >= 0.3 is 11.9 Å². The largest absolute Gasteiger partial charge is 0.477 e. The van der Waals surface area contributed by atoms with Crippen LogP contribution in [-0.4, -0.2) is 27.6 Å². The standard InChI is InChI=1S/C15H17NO4/c1-8-10-7-9(14(19)20-15(2,3)4)5-6-11(10)16-12(8)13(17)18/h5-7,16H,1-4H3,(H,17,18). The van der Waals surface area contributed by atoms with E-state index in [0.29, 0.717) is 22.0 Å². The number of hydrogen-bond donors (Lipinski definition) is 2. The second kappa shape index (κ2) is 4.67. The van der Waals surface area contributed by atoms with Crippen LogP contribution in [-0.2, 0) is 4.74 Å². The van der Waals surface area contributed by atoms with E-state index >= 15 is 0 Å². The molecular weight excluding hydrogens is 258 g/mol. The van der Waals surface area contributed by atoms with Gasteiger partial charge in [0.2, 0.25) is 0 Å². The lowest BCUT2D eigenvalue weighted by Crippen LogP contribution is -2.23. The number of carboxylic acid groups (broad SMARTS) is 1. The minimum absolute atomic E-state index is 0.140.